The second-order valence-corrected chi connectivity index (χ2v) is 7.89. The Morgan fingerprint density at radius 1 is 1.25 bits per heavy atom. The number of halogens is 2. The van der Waals surface area contributed by atoms with Gasteiger partial charge in [-0.25, -0.2) is 9.97 Å². The Morgan fingerprint density at radius 2 is 1.85 bits per heavy atom. The fourth-order valence-corrected chi connectivity index (χ4v) is 3.62. The molecular weight excluding hydrogens is 293 g/mol. The van der Waals surface area contributed by atoms with E-state index >= 15 is 0 Å². The van der Waals surface area contributed by atoms with Gasteiger partial charge in [0.15, 0.2) is 5.65 Å². The van der Waals surface area contributed by atoms with Crippen molar-refractivity contribution >= 4 is 34.4 Å². The van der Waals surface area contributed by atoms with Crippen molar-refractivity contribution in [1.82, 2.24) is 14.5 Å². The number of alkyl halides is 1. The summed E-state index contributed by atoms with van der Waals surface area (Å²) < 4.78 is 2.21. The van der Waals surface area contributed by atoms with E-state index < -0.39 is 0 Å². The van der Waals surface area contributed by atoms with Gasteiger partial charge in [0.05, 0.1) is 10.4 Å². The molecule has 1 aliphatic rings. The molecule has 0 radical (unpaired) electrons. The van der Waals surface area contributed by atoms with Crippen molar-refractivity contribution < 1.29 is 0 Å². The van der Waals surface area contributed by atoms with Crippen molar-refractivity contribution in [3.8, 4) is 0 Å². The molecule has 0 saturated heterocycles. The van der Waals surface area contributed by atoms with Gasteiger partial charge in [-0.05, 0) is 23.8 Å². The monoisotopic (exact) mass is 311 g/mol. The van der Waals surface area contributed by atoms with Crippen molar-refractivity contribution in [2.45, 2.75) is 46.0 Å². The van der Waals surface area contributed by atoms with Gasteiger partial charge in [-0.2, -0.15) is 0 Å². The van der Waals surface area contributed by atoms with E-state index in [-0.39, 0.29) is 16.2 Å². The van der Waals surface area contributed by atoms with Gasteiger partial charge < -0.3 is 4.57 Å². The second kappa shape index (κ2) is 4.11. The van der Waals surface area contributed by atoms with Gasteiger partial charge in [0, 0.05) is 12.2 Å². The molecule has 1 atom stereocenters. The van der Waals surface area contributed by atoms with Crippen LogP contribution in [0.4, 0.5) is 0 Å². The highest BCUT2D eigenvalue weighted by molar-refractivity contribution is 6.31. The summed E-state index contributed by atoms with van der Waals surface area (Å²) in [7, 11) is 0. The number of imidazole rings is 1. The molecule has 1 saturated carbocycles. The number of hydrogen-bond donors (Lipinski definition) is 0. The van der Waals surface area contributed by atoms with Crippen LogP contribution in [-0.4, -0.2) is 14.5 Å². The highest BCUT2D eigenvalue weighted by atomic mass is 35.5. The number of aromatic nitrogens is 3. The summed E-state index contributed by atoms with van der Waals surface area (Å²) >= 11 is 12.4. The zero-order chi connectivity index (χ0) is 14.9. The standard InChI is InChI=1S/C15H19Cl2N3/c1-8(16)11-19-10-6-9(17)7-18-12(10)20(11)13-14(2,3)15(13,4)5/h6-8,13H,1-5H3. The normalized spacial score (nSPS) is 22.1. The maximum atomic E-state index is 6.33. The second-order valence-electron chi connectivity index (χ2n) is 6.80. The predicted molar refractivity (Wildman–Crippen MR) is 83.4 cm³/mol. The number of fused-ring (bicyclic) bond motifs is 1. The van der Waals surface area contributed by atoms with Gasteiger partial charge >= 0.3 is 0 Å². The highest BCUT2D eigenvalue weighted by Crippen LogP contribution is 2.72. The molecule has 2 heterocycles. The van der Waals surface area contributed by atoms with Crippen LogP contribution in [-0.2, 0) is 0 Å². The first-order valence-corrected chi connectivity index (χ1v) is 7.67. The van der Waals surface area contributed by atoms with Crippen molar-refractivity contribution in [2.75, 3.05) is 0 Å². The van der Waals surface area contributed by atoms with Crippen LogP contribution in [0, 0.1) is 10.8 Å². The van der Waals surface area contributed by atoms with E-state index in [0.717, 1.165) is 17.0 Å². The molecular formula is C15H19Cl2N3. The van der Waals surface area contributed by atoms with Gasteiger partial charge in [0.1, 0.15) is 11.3 Å². The summed E-state index contributed by atoms with van der Waals surface area (Å²) in [5, 5.41) is 0.445. The van der Waals surface area contributed by atoms with E-state index in [4.69, 9.17) is 23.2 Å². The first-order chi connectivity index (χ1) is 9.18. The third-order valence-corrected chi connectivity index (χ3v) is 5.48. The average Bonchev–Trinajstić information content (AvgIpc) is 2.64. The molecule has 3 rings (SSSR count). The summed E-state index contributed by atoms with van der Waals surface area (Å²) in [6.07, 6.45) is 1.67. The smallest absolute Gasteiger partial charge is 0.160 e. The van der Waals surface area contributed by atoms with Gasteiger partial charge in [-0.15, -0.1) is 11.6 Å². The molecule has 5 heteroatoms. The van der Waals surface area contributed by atoms with Crippen LogP contribution in [0.25, 0.3) is 11.2 Å². The van der Waals surface area contributed by atoms with Crippen LogP contribution in [0.5, 0.6) is 0 Å². The summed E-state index contributed by atoms with van der Waals surface area (Å²) in [4.78, 5) is 9.14. The number of rotatable bonds is 2. The van der Waals surface area contributed by atoms with Crippen LogP contribution in [0.3, 0.4) is 0 Å². The van der Waals surface area contributed by atoms with Crippen LogP contribution < -0.4 is 0 Å². The van der Waals surface area contributed by atoms with E-state index in [1.165, 1.54) is 0 Å². The van der Waals surface area contributed by atoms with Gasteiger partial charge in [0.2, 0.25) is 0 Å². The highest BCUT2D eigenvalue weighted by Gasteiger charge is 2.66. The summed E-state index contributed by atoms with van der Waals surface area (Å²) in [6, 6.07) is 2.20. The molecule has 0 spiro atoms. The van der Waals surface area contributed by atoms with E-state index in [9.17, 15) is 0 Å². The molecule has 0 aromatic carbocycles. The predicted octanol–water partition coefficient (Wildman–Crippen LogP) is 4.99. The molecule has 3 nitrogen and oxygen atoms in total. The van der Waals surface area contributed by atoms with Gasteiger partial charge in [-0.3, -0.25) is 0 Å². The molecule has 1 unspecified atom stereocenters. The maximum absolute atomic E-state index is 6.33. The molecule has 0 amide bonds. The molecule has 1 aliphatic carbocycles. The van der Waals surface area contributed by atoms with Crippen LogP contribution in [0.1, 0.15) is 51.9 Å². The van der Waals surface area contributed by atoms with Crippen LogP contribution in [0.2, 0.25) is 5.02 Å². The third kappa shape index (κ3) is 1.72. The zero-order valence-corrected chi connectivity index (χ0v) is 13.9. The van der Waals surface area contributed by atoms with E-state index in [2.05, 4.69) is 42.2 Å². The Kier molecular flexibility index (Phi) is 2.91. The molecule has 0 bridgehead atoms. The van der Waals surface area contributed by atoms with Gasteiger partial charge in [-0.1, -0.05) is 39.3 Å². The molecule has 0 aliphatic heterocycles. The number of pyridine rings is 1. The van der Waals surface area contributed by atoms with Crippen molar-refractivity contribution in [3.05, 3.63) is 23.1 Å². The molecule has 0 N–H and O–H groups in total. The van der Waals surface area contributed by atoms with Crippen LogP contribution >= 0.6 is 23.2 Å². The lowest BCUT2D eigenvalue weighted by atomic mass is 10.0. The number of hydrogen-bond acceptors (Lipinski definition) is 2. The SMILES string of the molecule is CC(Cl)c1nc2cc(Cl)cnc2n1C1C(C)(C)C1(C)C. The lowest BCUT2D eigenvalue weighted by molar-refractivity contribution is 0.457. The largest absolute Gasteiger partial charge is 0.307 e. The Bertz CT molecular complexity index is 672. The minimum atomic E-state index is -0.157. The Labute approximate surface area is 129 Å². The maximum Gasteiger partial charge on any atom is 0.160 e. The van der Waals surface area contributed by atoms with E-state index in [1.807, 2.05) is 13.0 Å². The van der Waals surface area contributed by atoms with E-state index in [0.29, 0.717) is 11.1 Å². The molecule has 108 valence electrons. The van der Waals surface area contributed by atoms with Crippen molar-refractivity contribution in [3.63, 3.8) is 0 Å². The fourth-order valence-electron chi connectivity index (χ4n) is 3.32. The first-order valence-electron chi connectivity index (χ1n) is 6.85. The Morgan fingerprint density at radius 3 is 2.35 bits per heavy atom. The lowest BCUT2D eigenvalue weighted by Gasteiger charge is -2.12. The topological polar surface area (TPSA) is 30.7 Å². The summed E-state index contributed by atoms with van der Waals surface area (Å²) in [5.74, 6) is 0.875. The van der Waals surface area contributed by atoms with Gasteiger partial charge in [0.25, 0.3) is 0 Å². The first kappa shape index (κ1) is 14.2. The Hall–Kier alpha value is -0.800. The minimum absolute atomic E-state index is 0.157. The minimum Gasteiger partial charge on any atom is -0.307 e. The summed E-state index contributed by atoms with van der Waals surface area (Å²) in [6.45, 7) is 11.1. The van der Waals surface area contributed by atoms with Crippen LogP contribution in [0.15, 0.2) is 12.3 Å². The molecule has 20 heavy (non-hydrogen) atoms. The molecule has 2 aromatic heterocycles. The Balaban J connectivity index is 2.27. The summed E-state index contributed by atoms with van der Waals surface area (Å²) in [5.41, 5.74) is 2.09. The quantitative estimate of drug-likeness (QED) is 0.731. The third-order valence-electron chi connectivity index (χ3n) is 5.08. The molecule has 1 fully saturated rings. The average molecular weight is 312 g/mol. The molecule has 2 aromatic rings. The van der Waals surface area contributed by atoms with Crippen molar-refractivity contribution in [2.24, 2.45) is 10.8 Å². The van der Waals surface area contributed by atoms with Crippen molar-refractivity contribution in [1.29, 1.82) is 0 Å². The number of nitrogens with zero attached hydrogens (tertiary/aromatic N) is 3. The van der Waals surface area contributed by atoms with E-state index in [1.54, 1.807) is 6.20 Å². The lowest BCUT2D eigenvalue weighted by Crippen LogP contribution is -2.07. The zero-order valence-electron chi connectivity index (χ0n) is 12.4. The fraction of sp³-hybridized carbons (Fsp3) is 0.600.